The number of hydrogen-bond donors (Lipinski definition) is 1. The zero-order chi connectivity index (χ0) is 19.7. The summed E-state index contributed by atoms with van der Waals surface area (Å²) in [5.41, 5.74) is 0.135. The van der Waals surface area contributed by atoms with E-state index in [9.17, 15) is 14.4 Å². The van der Waals surface area contributed by atoms with Crippen molar-refractivity contribution in [3.05, 3.63) is 29.8 Å². The SMILES string of the molecule is COc1cccc(C(=O)NCC(=O)OCC(=O)C23CC4CC(CC(C4)C2)C3)c1. The molecular formula is C22H27NO5. The van der Waals surface area contributed by atoms with Crippen LogP contribution in [-0.4, -0.2) is 37.9 Å². The van der Waals surface area contributed by atoms with Crippen LogP contribution in [0.2, 0.25) is 0 Å². The van der Waals surface area contributed by atoms with Gasteiger partial charge in [-0.3, -0.25) is 14.4 Å². The van der Waals surface area contributed by atoms with Crippen molar-refractivity contribution in [2.24, 2.45) is 23.2 Å². The molecule has 4 aliphatic rings. The molecule has 1 amide bonds. The average molecular weight is 385 g/mol. The van der Waals surface area contributed by atoms with E-state index in [-0.39, 0.29) is 30.3 Å². The van der Waals surface area contributed by atoms with Crippen molar-refractivity contribution in [3.8, 4) is 5.75 Å². The Labute approximate surface area is 165 Å². The van der Waals surface area contributed by atoms with E-state index in [0.717, 1.165) is 19.3 Å². The summed E-state index contributed by atoms with van der Waals surface area (Å²) in [5.74, 6) is 1.68. The molecule has 0 aliphatic heterocycles. The van der Waals surface area contributed by atoms with Crippen molar-refractivity contribution in [1.29, 1.82) is 0 Å². The minimum absolute atomic E-state index is 0.0686. The van der Waals surface area contributed by atoms with Crippen molar-refractivity contribution in [3.63, 3.8) is 0 Å². The van der Waals surface area contributed by atoms with Crippen LogP contribution in [-0.2, 0) is 14.3 Å². The molecule has 1 N–H and O–H groups in total. The second-order valence-corrected chi connectivity index (χ2v) is 8.70. The zero-order valence-electron chi connectivity index (χ0n) is 16.2. The number of nitrogens with one attached hydrogen (secondary N) is 1. The van der Waals surface area contributed by atoms with Crippen LogP contribution in [0.3, 0.4) is 0 Å². The van der Waals surface area contributed by atoms with E-state index in [4.69, 9.17) is 9.47 Å². The van der Waals surface area contributed by atoms with E-state index in [1.165, 1.54) is 26.4 Å². The monoisotopic (exact) mass is 385 g/mol. The summed E-state index contributed by atoms with van der Waals surface area (Å²) < 4.78 is 10.3. The van der Waals surface area contributed by atoms with Crippen LogP contribution in [0.15, 0.2) is 24.3 Å². The second kappa shape index (κ2) is 7.57. The lowest BCUT2D eigenvalue weighted by atomic mass is 9.48. The van der Waals surface area contributed by atoms with Crippen LogP contribution in [0.1, 0.15) is 48.9 Å². The highest BCUT2D eigenvalue weighted by Gasteiger charge is 2.54. The van der Waals surface area contributed by atoms with Crippen molar-refractivity contribution in [1.82, 2.24) is 5.32 Å². The first-order valence-electron chi connectivity index (χ1n) is 10.1. The fraction of sp³-hybridized carbons (Fsp3) is 0.591. The molecule has 0 unspecified atom stereocenters. The molecule has 0 atom stereocenters. The van der Waals surface area contributed by atoms with E-state index < -0.39 is 5.97 Å². The maximum atomic E-state index is 12.9. The first-order valence-corrected chi connectivity index (χ1v) is 10.1. The molecule has 4 aliphatic carbocycles. The third kappa shape index (κ3) is 3.77. The number of amides is 1. The predicted octanol–water partition coefficient (Wildman–Crippen LogP) is 2.75. The molecule has 5 rings (SSSR count). The van der Waals surface area contributed by atoms with E-state index >= 15 is 0 Å². The van der Waals surface area contributed by atoms with Gasteiger partial charge in [0.15, 0.2) is 12.4 Å². The van der Waals surface area contributed by atoms with E-state index in [0.29, 0.717) is 29.1 Å². The van der Waals surface area contributed by atoms with Gasteiger partial charge in [0, 0.05) is 11.0 Å². The Morgan fingerprint density at radius 2 is 1.71 bits per heavy atom. The lowest BCUT2D eigenvalue weighted by Gasteiger charge is -2.55. The van der Waals surface area contributed by atoms with Crippen LogP contribution in [0, 0.1) is 23.2 Å². The van der Waals surface area contributed by atoms with Gasteiger partial charge in [-0.25, -0.2) is 0 Å². The van der Waals surface area contributed by atoms with E-state index in [1.54, 1.807) is 24.3 Å². The van der Waals surface area contributed by atoms with Gasteiger partial charge in [0.2, 0.25) is 0 Å². The molecule has 4 fully saturated rings. The molecular weight excluding hydrogens is 358 g/mol. The van der Waals surface area contributed by atoms with Gasteiger partial charge in [0.05, 0.1) is 7.11 Å². The molecule has 4 saturated carbocycles. The smallest absolute Gasteiger partial charge is 0.325 e. The lowest BCUT2D eigenvalue weighted by molar-refractivity contribution is -0.157. The third-order valence-electron chi connectivity index (χ3n) is 6.72. The number of hydrogen-bond acceptors (Lipinski definition) is 5. The third-order valence-corrected chi connectivity index (χ3v) is 6.72. The number of ketones is 1. The van der Waals surface area contributed by atoms with Crippen LogP contribution in [0.25, 0.3) is 0 Å². The van der Waals surface area contributed by atoms with Gasteiger partial charge in [-0.2, -0.15) is 0 Å². The summed E-state index contributed by atoms with van der Waals surface area (Å²) in [7, 11) is 1.52. The summed E-state index contributed by atoms with van der Waals surface area (Å²) in [6, 6.07) is 6.67. The molecule has 0 heterocycles. The van der Waals surface area contributed by atoms with Gasteiger partial charge in [0.25, 0.3) is 5.91 Å². The van der Waals surface area contributed by atoms with Crippen LogP contribution < -0.4 is 10.1 Å². The molecule has 6 nitrogen and oxygen atoms in total. The summed E-state index contributed by atoms with van der Waals surface area (Å²) in [5, 5.41) is 2.53. The Hall–Kier alpha value is -2.37. The topological polar surface area (TPSA) is 81.7 Å². The van der Waals surface area contributed by atoms with Crippen molar-refractivity contribution >= 4 is 17.7 Å². The highest BCUT2D eigenvalue weighted by atomic mass is 16.5. The quantitative estimate of drug-likeness (QED) is 0.730. The first kappa shape index (κ1) is 19.0. The Kier molecular flexibility index (Phi) is 5.13. The first-order chi connectivity index (χ1) is 13.5. The molecule has 4 bridgehead atoms. The number of carbonyl (C=O) groups is 3. The van der Waals surface area contributed by atoms with Gasteiger partial charge >= 0.3 is 5.97 Å². The van der Waals surface area contributed by atoms with Gasteiger partial charge in [0.1, 0.15) is 12.3 Å². The summed E-state index contributed by atoms with van der Waals surface area (Å²) >= 11 is 0. The molecule has 0 saturated heterocycles. The molecule has 150 valence electrons. The number of rotatable bonds is 7. The average Bonchev–Trinajstić information content (AvgIpc) is 2.69. The Bertz CT molecular complexity index is 752. The van der Waals surface area contributed by atoms with Crippen molar-refractivity contribution < 1.29 is 23.9 Å². The summed E-state index contributed by atoms with van der Waals surface area (Å²) in [6.45, 7) is -0.440. The van der Waals surface area contributed by atoms with Crippen LogP contribution in [0.5, 0.6) is 5.75 Å². The molecule has 1 aromatic carbocycles. The molecule has 28 heavy (non-hydrogen) atoms. The highest BCUT2D eigenvalue weighted by Crippen LogP contribution is 2.60. The van der Waals surface area contributed by atoms with E-state index in [1.807, 2.05) is 0 Å². The summed E-state index contributed by atoms with van der Waals surface area (Å²) in [6.07, 6.45) is 6.68. The number of ether oxygens (including phenoxy) is 2. The number of esters is 1. The van der Waals surface area contributed by atoms with Gasteiger partial charge in [-0.1, -0.05) is 6.07 Å². The Morgan fingerprint density at radius 3 is 2.32 bits per heavy atom. The molecule has 1 aromatic rings. The van der Waals surface area contributed by atoms with E-state index in [2.05, 4.69) is 5.32 Å². The Balaban J connectivity index is 1.25. The molecule has 0 aromatic heterocycles. The molecule has 0 spiro atoms. The van der Waals surface area contributed by atoms with Crippen LogP contribution >= 0.6 is 0 Å². The minimum Gasteiger partial charge on any atom is -0.497 e. The fourth-order valence-electron chi connectivity index (χ4n) is 5.82. The largest absolute Gasteiger partial charge is 0.497 e. The maximum Gasteiger partial charge on any atom is 0.325 e. The van der Waals surface area contributed by atoms with Gasteiger partial charge < -0.3 is 14.8 Å². The Morgan fingerprint density at radius 1 is 1.07 bits per heavy atom. The highest BCUT2D eigenvalue weighted by molar-refractivity contribution is 5.96. The predicted molar refractivity (Wildman–Crippen MR) is 102 cm³/mol. The minimum atomic E-state index is -0.589. The second-order valence-electron chi connectivity index (χ2n) is 8.70. The molecule has 0 radical (unpaired) electrons. The van der Waals surface area contributed by atoms with Crippen LogP contribution in [0.4, 0.5) is 0 Å². The maximum absolute atomic E-state index is 12.9. The summed E-state index contributed by atoms with van der Waals surface area (Å²) in [4.78, 5) is 37.0. The lowest BCUT2D eigenvalue weighted by Crippen LogP contribution is -2.51. The zero-order valence-corrected chi connectivity index (χ0v) is 16.2. The van der Waals surface area contributed by atoms with Crippen molar-refractivity contribution in [2.45, 2.75) is 38.5 Å². The van der Waals surface area contributed by atoms with Crippen molar-refractivity contribution in [2.75, 3.05) is 20.3 Å². The number of carbonyl (C=O) groups excluding carboxylic acids is 3. The number of benzene rings is 1. The molecule has 6 heteroatoms. The van der Waals surface area contributed by atoms with Gasteiger partial charge in [-0.15, -0.1) is 0 Å². The standard InChI is InChI=1S/C22H27NO5/c1-27-18-4-2-3-17(8-18)21(26)23-12-20(25)28-13-19(24)22-9-14-5-15(10-22)7-16(6-14)11-22/h2-4,8,14-16H,5-7,9-13H2,1H3,(H,23,26). The number of methoxy groups -OCH3 is 1. The fourth-order valence-corrected chi connectivity index (χ4v) is 5.82. The number of Topliss-reactive ketones (excluding diaryl/α,β-unsaturated/α-hetero) is 1. The van der Waals surface area contributed by atoms with Gasteiger partial charge in [-0.05, 0) is 74.5 Å². The normalized spacial score (nSPS) is 30.0.